The molecule has 1 saturated heterocycles. The Morgan fingerprint density at radius 3 is 2.86 bits per heavy atom. The number of halogens is 1. The molecule has 1 aromatic rings. The lowest BCUT2D eigenvalue weighted by atomic mass is 10.2. The van der Waals surface area contributed by atoms with E-state index in [0.29, 0.717) is 0 Å². The van der Waals surface area contributed by atoms with Gasteiger partial charge in [0.25, 0.3) is 0 Å². The molecule has 0 atom stereocenters. The van der Waals surface area contributed by atoms with Gasteiger partial charge in [-0.25, -0.2) is 4.98 Å². The third-order valence-corrected chi connectivity index (χ3v) is 2.47. The van der Waals surface area contributed by atoms with Gasteiger partial charge in [0.15, 0.2) is 0 Å². The highest BCUT2D eigenvalue weighted by atomic mass is 79.9. The first kappa shape index (κ1) is 9.45. The van der Waals surface area contributed by atoms with Gasteiger partial charge >= 0.3 is 0 Å². The molecule has 0 N–H and O–H groups in total. The van der Waals surface area contributed by atoms with Gasteiger partial charge < -0.3 is 9.74 Å². The van der Waals surface area contributed by atoms with Gasteiger partial charge in [-0.3, -0.25) is 0 Å². The standard InChI is InChI=1S/C9H10BrN3O/c1-14-12-8-5-13(6-8)9-3-2-7(10)4-11-9/h2-4H,5-6H2,1H3. The molecular weight excluding hydrogens is 246 g/mol. The predicted molar refractivity (Wildman–Crippen MR) is 58.6 cm³/mol. The van der Waals surface area contributed by atoms with Crippen LogP contribution in [-0.4, -0.2) is 30.9 Å². The van der Waals surface area contributed by atoms with E-state index < -0.39 is 0 Å². The minimum absolute atomic E-state index is 0.808. The van der Waals surface area contributed by atoms with Crippen molar-refractivity contribution in [2.45, 2.75) is 0 Å². The van der Waals surface area contributed by atoms with Gasteiger partial charge in [-0.2, -0.15) is 0 Å². The van der Waals surface area contributed by atoms with Crippen LogP contribution in [0.4, 0.5) is 5.82 Å². The zero-order valence-electron chi connectivity index (χ0n) is 7.77. The van der Waals surface area contributed by atoms with Crippen LogP contribution in [0.1, 0.15) is 0 Å². The summed E-state index contributed by atoms with van der Waals surface area (Å²) < 4.78 is 0.993. The maximum Gasteiger partial charge on any atom is 0.129 e. The smallest absolute Gasteiger partial charge is 0.129 e. The van der Waals surface area contributed by atoms with E-state index in [1.807, 2.05) is 12.1 Å². The number of anilines is 1. The van der Waals surface area contributed by atoms with Crippen LogP contribution in [0.2, 0.25) is 0 Å². The van der Waals surface area contributed by atoms with E-state index in [1.165, 1.54) is 0 Å². The van der Waals surface area contributed by atoms with Crippen LogP contribution < -0.4 is 4.90 Å². The summed E-state index contributed by atoms with van der Waals surface area (Å²) in [5, 5.41) is 3.86. The highest BCUT2D eigenvalue weighted by Gasteiger charge is 2.23. The lowest BCUT2D eigenvalue weighted by molar-refractivity contribution is 0.211. The summed E-state index contributed by atoms with van der Waals surface area (Å²) >= 11 is 3.35. The summed E-state index contributed by atoms with van der Waals surface area (Å²) in [6.07, 6.45) is 1.79. The van der Waals surface area contributed by atoms with Gasteiger partial charge in [0.2, 0.25) is 0 Å². The molecule has 0 amide bonds. The van der Waals surface area contributed by atoms with E-state index in [9.17, 15) is 0 Å². The Hall–Kier alpha value is -1.10. The molecule has 0 unspecified atom stereocenters. The molecule has 5 heteroatoms. The normalized spacial score (nSPS) is 15.0. The van der Waals surface area contributed by atoms with Gasteiger partial charge in [0, 0.05) is 10.7 Å². The summed E-state index contributed by atoms with van der Waals surface area (Å²) in [6.45, 7) is 1.62. The lowest BCUT2D eigenvalue weighted by Gasteiger charge is -2.32. The average molecular weight is 256 g/mol. The molecule has 0 aliphatic carbocycles. The largest absolute Gasteiger partial charge is 0.399 e. The molecule has 4 nitrogen and oxygen atoms in total. The predicted octanol–water partition coefficient (Wildman–Crippen LogP) is 1.67. The molecule has 1 aliphatic heterocycles. The summed E-state index contributed by atoms with van der Waals surface area (Å²) in [5.41, 5.74) is 1.05. The Morgan fingerprint density at radius 1 is 1.50 bits per heavy atom. The van der Waals surface area contributed by atoms with Crippen LogP contribution in [0.5, 0.6) is 0 Å². The Balaban J connectivity index is 2.00. The molecule has 1 aromatic heterocycles. The third kappa shape index (κ3) is 1.87. The number of pyridine rings is 1. The van der Waals surface area contributed by atoms with Crippen molar-refractivity contribution in [1.82, 2.24) is 4.98 Å². The number of oxime groups is 1. The van der Waals surface area contributed by atoms with Crippen molar-refractivity contribution in [3.63, 3.8) is 0 Å². The molecule has 2 rings (SSSR count). The fraction of sp³-hybridized carbons (Fsp3) is 0.333. The SMILES string of the molecule is CON=C1CN(c2ccc(Br)cn2)C1. The highest BCUT2D eigenvalue weighted by Crippen LogP contribution is 2.18. The van der Waals surface area contributed by atoms with Gasteiger partial charge in [-0.15, -0.1) is 0 Å². The average Bonchev–Trinajstić information content (AvgIpc) is 2.13. The van der Waals surface area contributed by atoms with E-state index >= 15 is 0 Å². The van der Waals surface area contributed by atoms with Crippen molar-refractivity contribution in [3.05, 3.63) is 22.8 Å². The number of rotatable bonds is 2. The van der Waals surface area contributed by atoms with Crippen molar-refractivity contribution in [3.8, 4) is 0 Å². The second-order valence-electron chi connectivity index (χ2n) is 3.03. The maximum atomic E-state index is 4.68. The van der Waals surface area contributed by atoms with E-state index in [1.54, 1.807) is 13.3 Å². The second kappa shape index (κ2) is 3.96. The van der Waals surface area contributed by atoms with Crippen LogP contribution in [0.3, 0.4) is 0 Å². The van der Waals surface area contributed by atoms with Crippen molar-refractivity contribution in [1.29, 1.82) is 0 Å². The summed E-state index contributed by atoms with van der Waals surface area (Å²) in [5.74, 6) is 0.975. The Morgan fingerprint density at radius 2 is 2.29 bits per heavy atom. The summed E-state index contributed by atoms with van der Waals surface area (Å²) in [7, 11) is 1.56. The van der Waals surface area contributed by atoms with Crippen LogP contribution in [0, 0.1) is 0 Å². The van der Waals surface area contributed by atoms with Crippen LogP contribution >= 0.6 is 15.9 Å². The third-order valence-electron chi connectivity index (χ3n) is 2.00. The first-order valence-electron chi connectivity index (χ1n) is 4.25. The number of aromatic nitrogens is 1. The summed E-state index contributed by atoms with van der Waals surface area (Å²) in [6, 6.07) is 3.96. The first-order valence-corrected chi connectivity index (χ1v) is 5.04. The first-order chi connectivity index (χ1) is 6.79. The van der Waals surface area contributed by atoms with Crippen LogP contribution in [0.25, 0.3) is 0 Å². The minimum Gasteiger partial charge on any atom is -0.399 e. The zero-order valence-corrected chi connectivity index (χ0v) is 9.36. The van der Waals surface area contributed by atoms with Gasteiger partial charge in [-0.05, 0) is 28.1 Å². The molecule has 1 fully saturated rings. The van der Waals surface area contributed by atoms with Crippen molar-refractivity contribution < 1.29 is 4.84 Å². The van der Waals surface area contributed by atoms with Gasteiger partial charge in [-0.1, -0.05) is 5.16 Å². The zero-order chi connectivity index (χ0) is 9.97. The second-order valence-corrected chi connectivity index (χ2v) is 3.95. The fourth-order valence-electron chi connectivity index (χ4n) is 1.30. The number of nitrogens with zero attached hydrogens (tertiary/aromatic N) is 3. The molecule has 14 heavy (non-hydrogen) atoms. The Kier molecular flexibility index (Phi) is 2.67. The monoisotopic (exact) mass is 255 g/mol. The molecular formula is C9H10BrN3O. The molecule has 2 heterocycles. The van der Waals surface area contributed by atoms with E-state index in [2.05, 4.69) is 35.8 Å². The Bertz CT molecular complexity index is 342. The molecule has 0 spiro atoms. The van der Waals surface area contributed by atoms with Crippen molar-refractivity contribution in [2.24, 2.45) is 5.16 Å². The number of hydrogen-bond acceptors (Lipinski definition) is 4. The van der Waals surface area contributed by atoms with E-state index in [4.69, 9.17) is 0 Å². The molecule has 0 aromatic carbocycles. The maximum absolute atomic E-state index is 4.68. The van der Waals surface area contributed by atoms with Gasteiger partial charge in [0.05, 0.1) is 18.8 Å². The van der Waals surface area contributed by atoms with Crippen LogP contribution in [-0.2, 0) is 4.84 Å². The highest BCUT2D eigenvalue weighted by molar-refractivity contribution is 9.10. The quantitative estimate of drug-likeness (QED) is 0.755. The fourth-order valence-corrected chi connectivity index (χ4v) is 1.53. The van der Waals surface area contributed by atoms with E-state index in [0.717, 1.165) is 29.1 Å². The van der Waals surface area contributed by atoms with Gasteiger partial charge in [0.1, 0.15) is 12.9 Å². The topological polar surface area (TPSA) is 37.7 Å². The van der Waals surface area contributed by atoms with Crippen LogP contribution in [0.15, 0.2) is 28.0 Å². The van der Waals surface area contributed by atoms with E-state index in [-0.39, 0.29) is 0 Å². The number of hydrogen-bond donors (Lipinski definition) is 0. The molecule has 1 aliphatic rings. The van der Waals surface area contributed by atoms with Crippen molar-refractivity contribution in [2.75, 3.05) is 25.1 Å². The minimum atomic E-state index is 0.808. The Labute approximate surface area is 90.7 Å². The molecule has 0 saturated carbocycles. The molecule has 0 bridgehead atoms. The molecule has 0 radical (unpaired) electrons. The molecule has 74 valence electrons. The summed E-state index contributed by atoms with van der Waals surface area (Å²) in [4.78, 5) is 11.1. The lowest BCUT2D eigenvalue weighted by Crippen LogP contribution is -2.48. The van der Waals surface area contributed by atoms with Crippen molar-refractivity contribution >= 4 is 27.5 Å².